The van der Waals surface area contributed by atoms with E-state index < -0.39 is 10.8 Å². The maximum absolute atomic E-state index is 13.4. The molecule has 0 aliphatic carbocycles. The molecule has 4 rings (SSSR count). The number of rotatable bonds is 4. The Morgan fingerprint density at radius 3 is 2.34 bits per heavy atom. The summed E-state index contributed by atoms with van der Waals surface area (Å²) in [5.74, 6) is 0.0653. The second-order valence-corrected chi connectivity index (χ2v) is 9.48. The van der Waals surface area contributed by atoms with Crippen molar-refractivity contribution in [3.63, 3.8) is 0 Å². The molecule has 0 saturated carbocycles. The van der Waals surface area contributed by atoms with E-state index in [-0.39, 0.29) is 10.7 Å². The van der Waals surface area contributed by atoms with Gasteiger partial charge in [0.05, 0.1) is 15.5 Å². The van der Waals surface area contributed by atoms with Crippen LogP contribution in [0.3, 0.4) is 0 Å². The summed E-state index contributed by atoms with van der Waals surface area (Å²) in [5.41, 5.74) is 3.95. The first-order chi connectivity index (χ1) is 14.1. The summed E-state index contributed by atoms with van der Waals surface area (Å²) in [4.78, 5) is 15.4. The molecule has 2 heterocycles. The second kappa shape index (κ2) is 8.25. The fraction of sp³-hybridized carbons (Fsp3) is 0.375. The molecule has 4 nitrogen and oxygen atoms in total. The van der Waals surface area contributed by atoms with E-state index >= 15 is 0 Å². The van der Waals surface area contributed by atoms with Gasteiger partial charge in [-0.2, -0.15) is 0 Å². The molecule has 1 atom stereocenters. The van der Waals surface area contributed by atoms with Gasteiger partial charge in [0.2, 0.25) is 0 Å². The van der Waals surface area contributed by atoms with Crippen LogP contribution in [0.1, 0.15) is 48.2 Å². The lowest BCUT2D eigenvalue weighted by Gasteiger charge is -2.38. The first kappa shape index (κ1) is 20.0. The lowest BCUT2D eigenvalue weighted by Crippen LogP contribution is -2.45. The van der Waals surface area contributed by atoms with Gasteiger partial charge in [-0.15, -0.1) is 0 Å². The lowest BCUT2D eigenvalue weighted by molar-refractivity contribution is 0.0773. The van der Waals surface area contributed by atoms with Gasteiger partial charge in [-0.25, -0.2) is 0 Å². The maximum atomic E-state index is 13.4. The Hall–Kier alpha value is -2.24. The molecule has 1 amide bonds. The Kier molecular flexibility index (Phi) is 5.70. The lowest BCUT2D eigenvalue weighted by atomic mass is 9.88. The Balaban J connectivity index is 1.75. The molecule has 2 aromatic carbocycles. The van der Waals surface area contributed by atoms with Crippen LogP contribution in [-0.2, 0) is 10.8 Å². The van der Waals surface area contributed by atoms with E-state index in [1.54, 1.807) is 0 Å². The van der Waals surface area contributed by atoms with Crippen LogP contribution in [0.5, 0.6) is 0 Å². The van der Waals surface area contributed by atoms with E-state index in [4.69, 9.17) is 0 Å². The van der Waals surface area contributed by atoms with Crippen molar-refractivity contribution in [1.82, 2.24) is 10.2 Å². The topological polar surface area (TPSA) is 49.4 Å². The van der Waals surface area contributed by atoms with Crippen LogP contribution in [0, 0.1) is 0 Å². The number of hydrogen-bond donors (Lipinski definition) is 1. The van der Waals surface area contributed by atoms with Crippen LogP contribution in [-0.4, -0.2) is 45.9 Å². The largest absolute Gasteiger partial charge is 0.339 e. The zero-order valence-electron chi connectivity index (χ0n) is 17.1. The van der Waals surface area contributed by atoms with E-state index in [0.717, 1.165) is 47.5 Å². The van der Waals surface area contributed by atoms with Crippen LogP contribution in [0.2, 0.25) is 0 Å². The first-order valence-corrected chi connectivity index (χ1v) is 11.6. The minimum absolute atomic E-state index is 0.0653. The quantitative estimate of drug-likeness (QED) is 0.836. The van der Waals surface area contributed by atoms with Gasteiger partial charge in [-0.05, 0) is 74.7 Å². The predicted molar refractivity (Wildman–Crippen MR) is 118 cm³/mol. The molecule has 1 unspecified atom stereocenters. The smallest absolute Gasteiger partial charge is 0.253 e. The normalized spacial score (nSPS) is 20.1. The molecule has 1 saturated heterocycles. The number of nitrogens with one attached hydrogen (secondary N) is 1. The minimum atomic E-state index is -1.05. The highest BCUT2D eigenvalue weighted by molar-refractivity contribution is 7.86. The molecular formula is C24H28N2O2S. The third-order valence-electron chi connectivity index (χ3n) is 6.10. The van der Waals surface area contributed by atoms with Crippen molar-refractivity contribution in [2.45, 2.75) is 36.3 Å². The number of benzene rings is 2. The fourth-order valence-electron chi connectivity index (χ4n) is 4.37. The maximum Gasteiger partial charge on any atom is 0.253 e. The third-order valence-corrected chi connectivity index (χ3v) is 8.12. The van der Waals surface area contributed by atoms with Crippen molar-refractivity contribution < 1.29 is 9.00 Å². The van der Waals surface area contributed by atoms with E-state index in [2.05, 4.69) is 17.5 Å². The molecule has 2 aliphatic heterocycles. The Labute approximate surface area is 175 Å². The summed E-state index contributed by atoms with van der Waals surface area (Å²) in [6.07, 6.45) is 3.99. The van der Waals surface area contributed by atoms with E-state index in [9.17, 15) is 9.00 Å². The van der Waals surface area contributed by atoms with Crippen LogP contribution in [0.4, 0.5) is 0 Å². The van der Waals surface area contributed by atoms with Gasteiger partial charge < -0.3 is 10.2 Å². The number of piperidine rings is 1. The number of nitrogens with zero attached hydrogens (tertiary/aromatic N) is 1. The standard InChI is InChI=1S/C24H28N2O2S/c1-3-26(4-2)23(27)19-11-9-18(10-12-19)21-17-24(13-15-25-16-14-24)29(28)22-8-6-5-7-20(21)22/h5-12,17,25H,3-4,13-16H2,1-2H3. The molecule has 5 heteroatoms. The van der Waals surface area contributed by atoms with E-state index in [1.165, 1.54) is 0 Å². The summed E-state index contributed by atoms with van der Waals surface area (Å²) >= 11 is 0. The molecule has 1 spiro atoms. The van der Waals surface area contributed by atoms with Gasteiger partial charge in [0.1, 0.15) is 0 Å². The van der Waals surface area contributed by atoms with Gasteiger partial charge >= 0.3 is 0 Å². The zero-order chi connectivity index (χ0) is 20.4. The van der Waals surface area contributed by atoms with Crippen LogP contribution < -0.4 is 5.32 Å². The van der Waals surface area contributed by atoms with Crippen molar-refractivity contribution in [3.05, 3.63) is 71.3 Å². The van der Waals surface area contributed by atoms with Crippen LogP contribution in [0.25, 0.3) is 5.57 Å². The molecular weight excluding hydrogens is 380 g/mol. The number of fused-ring (bicyclic) bond motifs is 1. The van der Waals surface area contributed by atoms with Crippen molar-refractivity contribution in [2.24, 2.45) is 0 Å². The Morgan fingerprint density at radius 1 is 1.03 bits per heavy atom. The molecule has 0 radical (unpaired) electrons. The number of carbonyl (C=O) groups is 1. The van der Waals surface area contributed by atoms with Crippen molar-refractivity contribution in [3.8, 4) is 0 Å². The average molecular weight is 409 g/mol. The zero-order valence-corrected chi connectivity index (χ0v) is 17.9. The number of amides is 1. The highest BCUT2D eigenvalue weighted by Crippen LogP contribution is 2.43. The monoisotopic (exact) mass is 408 g/mol. The SMILES string of the molecule is CCN(CC)C(=O)c1ccc(C2=CC3(CCNCC3)S(=O)c3ccccc32)cc1. The summed E-state index contributed by atoms with van der Waals surface area (Å²) in [6.45, 7) is 7.18. The van der Waals surface area contributed by atoms with E-state index in [1.807, 2.05) is 61.2 Å². The Morgan fingerprint density at radius 2 is 1.69 bits per heavy atom. The summed E-state index contributed by atoms with van der Waals surface area (Å²) in [5, 5.41) is 3.39. The Bertz CT molecular complexity index is 955. The molecule has 1 fully saturated rings. The first-order valence-electron chi connectivity index (χ1n) is 10.4. The molecule has 29 heavy (non-hydrogen) atoms. The van der Waals surface area contributed by atoms with Crippen LogP contribution >= 0.6 is 0 Å². The molecule has 0 bridgehead atoms. The van der Waals surface area contributed by atoms with Crippen molar-refractivity contribution >= 4 is 22.3 Å². The minimum Gasteiger partial charge on any atom is -0.339 e. The summed E-state index contributed by atoms with van der Waals surface area (Å²) < 4.78 is 13.1. The van der Waals surface area contributed by atoms with Gasteiger partial charge in [0.15, 0.2) is 0 Å². The third kappa shape index (κ3) is 3.58. The van der Waals surface area contributed by atoms with Gasteiger partial charge in [0.25, 0.3) is 5.91 Å². The summed E-state index contributed by atoms with van der Waals surface area (Å²) in [7, 11) is -1.05. The molecule has 2 aliphatic rings. The van der Waals surface area contributed by atoms with Gasteiger partial charge in [0, 0.05) is 23.5 Å². The highest BCUT2D eigenvalue weighted by atomic mass is 32.2. The highest BCUT2D eigenvalue weighted by Gasteiger charge is 2.41. The fourth-order valence-corrected chi connectivity index (χ4v) is 6.19. The van der Waals surface area contributed by atoms with Crippen molar-refractivity contribution in [1.29, 1.82) is 0 Å². The van der Waals surface area contributed by atoms with Gasteiger partial charge in [-0.3, -0.25) is 9.00 Å². The number of hydrogen-bond acceptors (Lipinski definition) is 3. The molecule has 2 aromatic rings. The van der Waals surface area contributed by atoms with E-state index in [0.29, 0.717) is 18.7 Å². The molecule has 152 valence electrons. The van der Waals surface area contributed by atoms with Crippen molar-refractivity contribution in [2.75, 3.05) is 26.2 Å². The van der Waals surface area contributed by atoms with Crippen LogP contribution in [0.15, 0.2) is 59.5 Å². The summed E-state index contributed by atoms with van der Waals surface area (Å²) in [6, 6.07) is 15.9. The predicted octanol–water partition coefficient (Wildman–Crippen LogP) is 3.84. The number of carbonyl (C=O) groups excluding carboxylic acids is 1. The second-order valence-electron chi connectivity index (χ2n) is 7.69. The molecule has 1 N–H and O–H groups in total. The molecule has 0 aromatic heterocycles. The average Bonchev–Trinajstić information content (AvgIpc) is 2.78. The van der Waals surface area contributed by atoms with Gasteiger partial charge in [-0.1, -0.05) is 36.4 Å².